The molecule has 0 aromatic heterocycles. The minimum absolute atomic E-state index is 0.162. The van der Waals surface area contributed by atoms with E-state index in [9.17, 15) is 8.42 Å². The molecule has 0 N–H and O–H groups in total. The number of fused-ring (bicyclic) bond motifs is 1. The zero-order valence-corrected chi connectivity index (χ0v) is 9.01. The monoisotopic (exact) mass is 220 g/mol. The van der Waals surface area contributed by atoms with Crippen molar-refractivity contribution in [2.45, 2.75) is 35.9 Å². The second-order valence-corrected chi connectivity index (χ2v) is 7.35. The van der Waals surface area contributed by atoms with Gasteiger partial charge in [0.05, 0.1) is 11.4 Å². The molecule has 5 atom stereocenters. The average molecular weight is 220 g/mol. The van der Waals surface area contributed by atoms with E-state index in [4.69, 9.17) is 4.18 Å². The van der Waals surface area contributed by atoms with Gasteiger partial charge >= 0.3 is 0 Å². The summed E-state index contributed by atoms with van der Waals surface area (Å²) in [5, 5.41) is -0.220. The van der Waals surface area contributed by atoms with E-state index in [-0.39, 0.29) is 22.0 Å². The summed E-state index contributed by atoms with van der Waals surface area (Å²) in [6, 6.07) is 0. The third kappa shape index (κ3) is 0.837. The molecule has 13 heavy (non-hydrogen) atoms. The Morgan fingerprint density at radius 3 is 2.69 bits per heavy atom. The Balaban J connectivity index is 2.14. The molecule has 74 valence electrons. The average Bonchev–Trinajstić information content (AvgIpc) is 2.54. The molecule has 0 aromatic rings. The summed E-state index contributed by atoms with van der Waals surface area (Å²) in [5.41, 5.74) is 0. The van der Waals surface area contributed by atoms with Gasteiger partial charge in [-0.1, -0.05) is 0 Å². The van der Waals surface area contributed by atoms with Gasteiger partial charge in [-0.15, -0.1) is 0 Å². The first kappa shape index (κ1) is 8.56. The number of hydrogen-bond acceptors (Lipinski definition) is 4. The summed E-state index contributed by atoms with van der Waals surface area (Å²) in [6.07, 6.45) is 1.57. The number of hydrogen-bond donors (Lipinski definition) is 1. The van der Waals surface area contributed by atoms with Gasteiger partial charge in [-0.3, -0.25) is 4.18 Å². The fourth-order valence-electron chi connectivity index (χ4n) is 3.21. The van der Waals surface area contributed by atoms with E-state index in [1.165, 1.54) is 0 Å². The maximum atomic E-state index is 11.5. The first-order valence-corrected chi connectivity index (χ1v) is 6.49. The highest BCUT2D eigenvalue weighted by Crippen LogP contribution is 2.61. The summed E-state index contributed by atoms with van der Waals surface area (Å²) in [4.78, 5) is 0. The summed E-state index contributed by atoms with van der Waals surface area (Å²) in [7, 11) is -3.25. The molecule has 3 rings (SSSR count). The molecule has 2 aliphatic carbocycles. The molecular formula is C8H12O3S2. The topological polar surface area (TPSA) is 43.4 Å². The van der Waals surface area contributed by atoms with Crippen LogP contribution in [0.15, 0.2) is 0 Å². The molecule has 2 saturated carbocycles. The molecule has 2 bridgehead atoms. The lowest BCUT2D eigenvalue weighted by atomic mass is 9.87. The van der Waals surface area contributed by atoms with Crippen molar-refractivity contribution < 1.29 is 12.6 Å². The van der Waals surface area contributed by atoms with Crippen molar-refractivity contribution >= 4 is 22.7 Å². The Morgan fingerprint density at radius 2 is 2.15 bits per heavy atom. The Kier molecular flexibility index (Phi) is 1.38. The number of thiol groups is 1. The van der Waals surface area contributed by atoms with Gasteiger partial charge in [0.1, 0.15) is 0 Å². The second kappa shape index (κ2) is 2.09. The largest absolute Gasteiger partial charge is 0.270 e. The van der Waals surface area contributed by atoms with E-state index >= 15 is 0 Å². The van der Waals surface area contributed by atoms with Crippen LogP contribution in [-0.2, 0) is 14.3 Å². The SMILES string of the molecule is CC1(S)C2CC3C1OS(=O)(=O)C3C2. The maximum absolute atomic E-state index is 11.5. The molecular weight excluding hydrogens is 208 g/mol. The van der Waals surface area contributed by atoms with E-state index in [1.54, 1.807) is 0 Å². The van der Waals surface area contributed by atoms with E-state index in [0.29, 0.717) is 5.92 Å². The molecule has 3 fully saturated rings. The highest BCUT2D eigenvalue weighted by atomic mass is 32.2. The third-order valence-corrected chi connectivity index (χ3v) is 6.33. The molecule has 0 aromatic carbocycles. The van der Waals surface area contributed by atoms with Gasteiger partial charge < -0.3 is 0 Å². The van der Waals surface area contributed by atoms with Crippen LogP contribution in [0.2, 0.25) is 0 Å². The molecule has 1 aliphatic heterocycles. The first-order valence-electron chi connectivity index (χ1n) is 4.57. The third-order valence-electron chi connectivity index (χ3n) is 3.95. The normalized spacial score (nSPS) is 61.7. The van der Waals surface area contributed by atoms with Crippen molar-refractivity contribution in [1.29, 1.82) is 0 Å². The van der Waals surface area contributed by atoms with Crippen LogP contribution >= 0.6 is 12.6 Å². The van der Waals surface area contributed by atoms with E-state index in [1.807, 2.05) is 6.92 Å². The lowest BCUT2D eigenvalue weighted by Gasteiger charge is -2.31. The van der Waals surface area contributed by atoms with Gasteiger partial charge in [0.15, 0.2) is 0 Å². The van der Waals surface area contributed by atoms with Crippen molar-refractivity contribution in [3.8, 4) is 0 Å². The highest BCUT2D eigenvalue weighted by Gasteiger charge is 2.67. The smallest absolute Gasteiger partial charge is 0.265 e. The van der Waals surface area contributed by atoms with Crippen molar-refractivity contribution in [2.75, 3.05) is 0 Å². The van der Waals surface area contributed by atoms with Crippen molar-refractivity contribution in [3.05, 3.63) is 0 Å². The standard InChI is InChI=1S/C8H12O3S2/c1-8(12)4-2-5-6(3-4)13(9,10)11-7(5)8/h4-7,12H,2-3H2,1H3. The Bertz CT molecular complexity index is 360. The lowest BCUT2D eigenvalue weighted by Crippen LogP contribution is -2.39. The first-order chi connectivity index (χ1) is 5.93. The van der Waals surface area contributed by atoms with Crippen LogP contribution in [0.25, 0.3) is 0 Å². The van der Waals surface area contributed by atoms with Gasteiger partial charge in [0, 0.05) is 10.7 Å². The predicted molar refractivity (Wildman–Crippen MR) is 51.2 cm³/mol. The van der Waals surface area contributed by atoms with Crippen LogP contribution in [0.3, 0.4) is 0 Å². The minimum atomic E-state index is -3.25. The molecule has 0 amide bonds. The molecule has 3 aliphatic rings. The van der Waals surface area contributed by atoms with Crippen LogP contribution < -0.4 is 0 Å². The van der Waals surface area contributed by atoms with Crippen LogP contribution in [0.5, 0.6) is 0 Å². The lowest BCUT2D eigenvalue weighted by molar-refractivity contribution is 0.162. The zero-order chi connectivity index (χ0) is 9.43. The Morgan fingerprint density at radius 1 is 1.46 bits per heavy atom. The van der Waals surface area contributed by atoms with Crippen molar-refractivity contribution in [1.82, 2.24) is 0 Å². The van der Waals surface area contributed by atoms with E-state index < -0.39 is 10.1 Å². The Hall–Kier alpha value is 0.260. The van der Waals surface area contributed by atoms with Crippen LogP contribution in [0, 0.1) is 11.8 Å². The van der Waals surface area contributed by atoms with Crippen LogP contribution in [-0.4, -0.2) is 24.5 Å². The van der Waals surface area contributed by atoms with Crippen LogP contribution in [0.1, 0.15) is 19.8 Å². The summed E-state index contributed by atoms with van der Waals surface area (Å²) in [6.45, 7) is 2.00. The molecule has 5 heteroatoms. The molecule has 1 saturated heterocycles. The van der Waals surface area contributed by atoms with Gasteiger partial charge in [-0.2, -0.15) is 21.0 Å². The molecule has 0 radical (unpaired) electrons. The van der Waals surface area contributed by atoms with E-state index in [0.717, 1.165) is 12.8 Å². The van der Waals surface area contributed by atoms with E-state index in [2.05, 4.69) is 12.6 Å². The Labute approximate surface area is 83.4 Å². The number of rotatable bonds is 0. The molecule has 5 unspecified atom stereocenters. The highest BCUT2D eigenvalue weighted by molar-refractivity contribution is 7.87. The van der Waals surface area contributed by atoms with Gasteiger partial charge in [-0.05, 0) is 25.7 Å². The van der Waals surface area contributed by atoms with Gasteiger partial charge in [-0.25, -0.2) is 0 Å². The maximum Gasteiger partial charge on any atom is 0.270 e. The van der Waals surface area contributed by atoms with Crippen molar-refractivity contribution in [3.63, 3.8) is 0 Å². The van der Waals surface area contributed by atoms with Crippen LogP contribution in [0.4, 0.5) is 0 Å². The fourth-order valence-corrected chi connectivity index (χ4v) is 5.66. The zero-order valence-electron chi connectivity index (χ0n) is 7.30. The predicted octanol–water partition coefficient (Wildman–Crippen LogP) is 0.812. The fraction of sp³-hybridized carbons (Fsp3) is 1.00. The minimum Gasteiger partial charge on any atom is -0.265 e. The summed E-state index contributed by atoms with van der Waals surface area (Å²) < 4.78 is 27.9. The van der Waals surface area contributed by atoms with Gasteiger partial charge in [0.25, 0.3) is 10.1 Å². The summed E-state index contributed by atoms with van der Waals surface area (Å²) >= 11 is 4.54. The summed E-state index contributed by atoms with van der Waals surface area (Å²) in [5.74, 6) is 0.644. The quantitative estimate of drug-likeness (QED) is 0.485. The molecule has 3 nitrogen and oxygen atoms in total. The molecule has 1 heterocycles. The second-order valence-electron chi connectivity index (χ2n) is 4.61. The van der Waals surface area contributed by atoms with Crippen molar-refractivity contribution in [2.24, 2.45) is 11.8 Å². The molecule has 0 spiro atoms. The van der Waals surface area contributed by atoms with Gasteiger partial charge in [0.2, 0.25) is 0 Å².